The lowest BCUT2D eigenvalue weighted by atomic mass is 9.68. The Kier molecular flexibility index (Phi) is 8.75. The van der Waals surface area contributed by atoms with Crippen molar-refractivity contribution in [1.82, 2.24) is 0 Å². The Morgan fingerprint density at radius 1 is 0.500 bits per heavy atom. The number of ether oxygens (including phenoxy) is 2. The van der Waals surface area contributed by atoms with E-state index in [0.29, 0.717) is 22.6 Å². The van der Waals surface area contributed by atoms with Gasteiger partial charge in [-0.3, -0.25) is 9.69 Å². The highest BCUT2D eigenvalue weighted by molar-refractivity contribution is 6.18. The summed E-state index contributed by atoms with van der Waals surface area (Å²) >= 11 is 0. The molecule has 238 valence electrons. The summed E-state index contributed by atoms with van der Waals surface area (Å²) in [6, 6.07) is 49.2. The van der Waals surface area contributed by atoms with Gasteiger partial charge in [-0.2, -0.15) is 0 Å². The quantitative estimate of drug-likeness (QED) is 0.152. The average molecular weight is 634 g/mol. The summed E-state index contributed by atoms with van der Waals surface area (Å²) in [5, 5.41) is 19.7. The SMILES string of the molecule is O=C1N(c2ccccc2)c2ccccc2C1(c1cc(-c2ccccc2)ccc1OCCO)c1cc(-c2ccccc2)ccc1OCCO. The molecule has 0 aliphatic carbocycles. The summed E-state index contributed by atoms with van der Waals surface area (Å²) in [5.41, 5.74) is 5.78. The molecule has 6 aromatic rings. The van der Waals surface area contributed by atoms with Crippen molar-refractivity contribution in [3.05, 3.63) is 168 Å². The first-order valence-electron chi connectivity index (χ1n) is 16.0. The number of nitrogens with zero attached hydrogens (tertiary/aromatic N) is 1. The van der Waals surface area contributed by atoms with Crippen LogP contribution in [-0.2, 0) is 10.2 Å². The maximum absolute atomic E-state index is 15.7. The fourth-order valence-electron chi connectivity index (χ4n) is 6.71. The fraction of sp³-hybridized carbons (Fsp3) is 0.119. The number of hydrogen-bond donors (Lipinski definition) is 2. The minimum absolute atomic E-state index is 0.0456. The standard InChI is InChI=1S/C42H35NO5/c44-24-26-47-39-22-20-32(30-12-4-1-5-13-30)28-36(39)42(35-18-10-11-19-38(35)43(41(42)46)34-16-8-3-9-17-34)37-29-33(31-14-6-2-7-15-31)21-23-40(37)48-27-25-45/h1-23,28-29,44-45H,24-27H2. The molecule has 6 aromatic carbocycles. The zero-order chi connectivity index (χ0) is 32.9. The number of carbonyl (C=O) groups excluding carboxylic acids is 1. The first-order chi connectivity index (χ1) is 23.7. The Balaban J connectivity index is 1.61. The Morgan fingerprint density at radius 2 is 0.958 bits per heavy atom. The van der Waals surface area contributed by atoms with Gasteiger partial charge in [-0.15, -0.1) is 0 Å². The van der Waals surface area contributed by atoms with Crippen molar-refractivity contribution in [1.29, 1.82) is 0 Å². The summed E-state index contributed by atoms with van der Waals surface area (Å²) in [4.78, 5) is 17.5. The van der Waals surface area contributed by atoms with Crippen molar-refractivity contribution < 1.29 is 24.5 Å². The molecular weight excluding hydrogens is 598 g/mol. The van der Waals surface area contributed by atoms with Crippen molar-refractivity contribution >= 4 is 17.3 Å². The first-order valence-corrected chi connectivity index (χ1v) is 16.0. The van der Waals surface area contributed by atoms with Crippen LogP contribution in [0, 0.1) is 0 Å². The van der Waals surface area contributed by atoms with Gasteiger partial charge in [0.25, 0.3) is 5.91 Å². The molecule has 7 rings (SSSR count). The molecule has 0 spiro atoms. The number of benzene rings is 6. The van der Waals surface area contributed by atoms with E-state index in [0.717, 1.165) is 39.2 Å². The number of aliphatic hydroxyl groups excluding tert-OH is 2. The highest BCUT2D eigenvalue weighted by Gasteiger charge is 2.56. The second kappa shape index (κ2) is 13.6. The Hall–Kier alpha value is -5.69. The zero-order valence-corrected chi connectivity index (χ0v) is 26.3. The van der Waals surface area contributed by atoms with E-state index in [1.807, 2.05) is 152 Å². The monoisotopic (exact) mass is 633 g/mol. The van der Waals surface area contributed by atoms with Crippen LogP contribution >= 0.6 is 0 Å². The van der Waals surface area contributed by atoms with Gasteiger partial charge in [-0.05, 0) is 64.7 Å². The lowest BCUT2D eigenvalue weighted by Crippen LogP contribution is -2.41. The number of fused-ring (bicyclic) bond motifs is 1. The van der Waals surface area contributed by atoms with Crippen LogP contribution in [0.2, 0.25) is 0 Å². The van der Waals surface area contributed by atoms with E-state index in [1.165, 1.54) is 0 Å². The van der Waals surface area contributed by atoms with Crippen molar-refractivity contribution in [2.75, 3.05) is 31.3 Å². The number of carbonyl (C=O) groups is 1. The summed E-state index contributed by atoms with van der Waals surface area (Å²) in [6.07, 6.45) is 0. The van der Waals surface area contributed by atoms with Crippen molar-refractivity contribution in [3.8, 4) is 33.8 Å². The zero-order valence-electron chi connectivity index (χ0n) is 26.3. The molecule has 6 nitrogen and oxygen atoms in total. The Morgan fingerprint density at radius 3 is 1.46 bits per heavy atom. The maximum atomic E-state index is 15.7. The molecule has 0 saturated heterocycles. The van der Waals surface area contributed by atoms with Crippen molar-refractivity contribution in [2.45, 2.75) is 5.41 Å². The molecule has 2 N–H and O–H groups in total. The number of anilines is 2. The normalized spacial score (nSPS) is 13.3. The molecule has 0 atom stereocenters. The van der Waals surface area contributed by atoms with Crippen LogP contribution in [0.5, 0.6) is 11.5 Å². The smallest absolute Gasteiger partial charge is 0.251 e. The average Bonchev–Trinajstić information content (AvgIpc) is 3.42. The van der Waals surface area contributed by atoms with Crippen LogP contribution in [0.25, 0.3) is 22.3 Å². The molecule has 1 amide bonds. The summed E-state index contributed by atoms with van der Waals surface area (Å²) in [5.74, 6) is 0.744. The molecule has 0 saturated carbocycles. The summed E-state index contributed by atoms with van der Waals surface area (Å²) < 4.78 is 12.5. The lowest BCUT2D eigenvalue weighted by Gasteiger charge is -2.34. The topological polar surface area (TPSA) is 79.2 Å². The Bertz CT molecular complexity index is 1930. The predicted octanol–water partition coefficient (Wildman–Crippen LogP) is 7.78. The van der Waals surface area contributed by atoms with Crippen molar-refractivity contribution in [3.63, 3.8) is 0 Å². The lowest BCUT2D eigenvalue weighted by molar-refractivity contribution is -0.120. The van der Waals surface area contributed by atoms with Gasteiger partial charge in [0, 0.05) is 22.4 Å². The summed E-state index contributed by atoms with van der Waals surface area (Å²) in [6.45, 7) is -0.294. The van der Waals surface area contributed by atoms with E-state index in [9.17, 15) is 10.2 Å². The minimum atomic E-state index is -1.46. The second-order valence-corrected chi connectivity index (χ2v) is 11.5. The van der Waals surface area contributed by atoms with Gasteiger partial charge >= 0.3 is 0 Å². The molecule has 0 fully saturated rings. The van der Waals surface area contributed by atoms with Gasteiger partial charge in [0.2, 0.25) is 0 Å². The van der Waals surface area contributed by atoms with Crippen LogP contribution in [-0.4, -0.2) is 42.5 Å². The van der Waals surface area contributed by atoms with Crippen LogP contribution in [0.15, 0.2) is 152 Å². The maximum Gasteiger partial charge on any atom is 0.251 e. The van der Waals surface area contributed by atoms with Gasteiger partial charge in [0.05, 0.1) is 18.9 Å². The highest BCUT2D eigenvalue weighted by Crippen LogP contribution is 2.57. The van der Waals surface area contributed by atoms with E-state index in [1.54, 1.807) is 4.90 Å². The van der Waals surface area contributed by atoms with Crippen molar-refractivity contribution in [2.24, 2.45) is 0 Å². The second-order valence-electron chi connectivity index (χ2n) is 11.5. The summed E-state index contributed by atoms with van der Waals surface area (Å²) in [7, 11) is 0. The third-order valence-corrected chi connectivity index (χ3v) is 8.77. The number of rotatable bonds is 11. The third kappa shape index (κ3) is 5.41. The fourth-order valence-corrected chi connectivity index (χ4v) is 6.71. The number of hydrogen-bond acceptors (Lipinski definition) is 5. The van der Waals surface area contributed by atoms with E-state index < -0.39 is 5.41 Å². The molecule has 0 unspecified atom stereocenters. The van der Waals surface area contributed by atoms with E-state index in [2.05, 4.69) is 0 Å². The molecule has 0 aromatic heterocycles. The minimum Gasteiger partial charge on any atom is -0.491 e. The van der Waals surface area contributed by atoms with Crippen LogP contribution < -0.4 is 14.4 Å². The molecule has 6 heteroatoms. The van der Waals surface area contributed by atoms with Gasteiger partial charge < -0.3 is 19.7 Å². The number of amides is 1. The molecule has 1 aliphatic heterocycles. The predicted molar refractivity (Wildman–Crippen MR) is 189 cm³/mol. The number of aliphatic hydroxyl groups is 2. The van der Waals surface area contributed by atoms with Gasteiger partial charge in [0.15, 0.2) is 0 Å². The van der Waals surface area contributed by atoms with Crippen LogP contribution in [0.1, 0.15) is 16.7 Å². The first kappa shape index (κ1) is 30.9. The van der Waals surface area contributed by atoms with Gasteiger partial charge in [-0.1, -0.05) is 109 Å². The van der Waals surface area contributed by atoms with Crippen LogP contribution in [0.4, 0.5) is 11.4 Å². The molecule has 1 aliphatic rings. The largest absolute Gasteiger partial charge is 0.491 e. The van der Waals surface area contributed by atoms with Gasteiger partial charge in [0.1, 0.15) is 30.1 Å². The molecular formula is C42H35NO5. The third-order valence-electron chi connectivity index (χ3n) is 8.77. The van der Waals surface area contributed by atoms with Crippen LogP contribution in [0.3, 0.4) is 0 Å². The van der Waals surface area contributed by atoms with E-state index in [-0.39, 0.29) is 32.3 Å². The molecule has 1 heterocycles. The molecule has 0 radical (unpaired) electrons. The highest BCUT2D eigenvalue weighted by atomic mass is 16.5. The van der Waals surface area contributed by atoms with E-state index >= 15 is 4.79 Å². The molecule has 0 bridgehead atoms. The van der Waals surface area contributed by atoms with Gasteiger partial charge in [-0.25, -0.2) is 0 Å². The molecule has 48 heavy (non-hydrogen) atoms. The van der Waals surface area contributed by atoms with E-state index in [4.69, 9.17) is 9.47 Å². The number of para-hydroxylation sites is 2. The Labute approximate surface area is 280 Å².